The molecular weight excluding hydrogens is 482 g/mol. The van der Waals surface area contributed by atoms with Crippen molar-refractivity contribution < 1.29 is 0 Å². The van der Waals surface area contributed by atoms with Crippen molar-refractivity contribution in [2.24, 2.45) is 0 Å². The fourth-order valence-corrected chi connectivity index (χ4v) is 8.03. The highest BCUT2D eigenvalue weighted by molar-refractivity contribution is 6.32. The number of aromatic nitrogens is 1. The standard InChI is InChI=1S/C39H29N/c1-22-17-23(2)19-26(18-22)40-34-12-8-6-10-28(34)32-21-25-13-15-29-35-24(14-16-30(36(25)35)38(32)40)20-31-27-9-5-7-11-33(27)39(3,4)37(29)31/h5-21H,1-4H3. The van der Waals surface area contributed by atoms with Gasteiger partial charge in [-0.15, -0.1) is 0 Å². The zero-order chi connectivity index (χ0) is 26.9. The molecule has 1 heterocycles. The third-order valence-electron chi connectivity index (χ3n) is 9.51. The minimum atomic E-state index is -0.0441. The lowest BCUT2D eigenvalue weighted by Crippen LogP contribution is -2.15. The van der Waals surface area contributed by atoms with E-state index in [2.05, 4.69) is 135 Å². The molecule has 1 heteroatoms. The quantitative estimate of drug-likeness (QED) is 0.193. The minimum Gasteiger partial charge on any atom is -0.309 e. The van der Waals surface area contributed by atoms with E-state index in [0.29, 0.717) is 0 Å². The van der Waals surface area contributed by atoms with Crippen LogP contribution in [0.15, 0.2) is 103 Å². The minimum absolute atomic E-state index is 0.0441. The van der Waals surface area contributed by atoms with Gasteiger partial charge < -0.3 is 4.57 Å². The van der Waals surface area contributed by atoms with Crippen LogP contribution in [0.3, 0.4) is 0 Å². The lowest BCUT2D eigenvalue weighted by Gasteiger charge is -2.24. The Bertz CT molecular complexity index is 2340. The fourth-order valence-electron chi connectivity index (χ4n) is 8.03. The summed E-state index contributed by atoms with van der Waals surface area (Å²) in [7, 11) is 0. The van der Waals surface area contributed by atoms with E-state index in [4.69, 9.17) is 0 Å². The van der Waals surface area contributed by atoms with Crippen LogP contribution in [0, 0.1) is 13.8 Å². The first-order chi connectivity index (χ1) is 19.4. The summed E-state index contributed by atoms with van der Waals surface area (Å²) in [5, 5.41) is 10.8. The van der Waals surface area contributed by atoms with Crippen LogP contribution < -0.4 is 0 Å². The van der Waals surface area contributed by atoms with E-state index in [0.717, 1.165) is 0 Å². The smallest absolute Gasteiger partial charge is 0.0620 e. The van der Waals surface area contributed by atoms with E-state index in [1.807, 2.05) is 0 Å². The van der Waals surface area contributed by atoms with Crippen LogP contribution in [0.1, 0.15) is 36.1 Å². The highest BCUT2D eigenvalue weighted by Crippen LogP contribution is 2.54. The number of para-hydroxylation sites is 1. The van der Waals surface area contributed by atoms with Crippen LogP contribution >= 0.6 is 0 Å². The third kappa shape index (κ3) is 2.63. The number of benzene rings is 7. The Morgan fingerprint density at radius 3 is 2.05 bits per heavy atom. The van der Waals surface area contributed by atoms with E-state index >= 15 is 0 Å². The average Bonchev–Trinajstić information content (AvgIpc) is 3.40. The normalized spacial score (nSPS) is 14.2. The average molecular weight is 512 g/mol. The lowest BCUT2D eigenvalue weighted by atomic mass is 9.78. The number of rotatable bonds is 1. The fraction of sp³-hybridized carbons (Fsp3) is 0.128. The van der Waals surface area contributed by atoms with Crippen LogP contribution in [-0.4, -0.2) is 4.57 Å². The third-order valence-corrected chi connectivity index (χ3v) is 9.51. The molecule has 0 saturated heterocycles. The Kier molecular flexibility index (Phi) is 4.06. The Balaban J connectivity index is 1.50. The number of hydrogen-bond acceptors (Lipinski definition) is 0. The van der Waals surface area contributed by atoms with E-state index in [-0.39, 0.29) is 5.41 Å². The van der Waals surface area contributed by atoms with Gasteiger partial charge in [-0.1, -0.05) is 86.6 Å². The summed E-state index contributed by atoms with van der Waals surface area (Å²) < 4.78 is 2.50. The van der Waals surface area contributed by atoms with Crippen molar-refractivity contribution in [3.05, 3.63) is 125 Å². The first-order valence-electron chi connectivity index (χ1n) is 14.3. The van der Waals surface area contributed by atoms with Gasteiger partial charge in [-0.2, -0.15) is 0 Å². The van der Waals surface area contributed by atoms with Crippen molar-refractivity contribution in [1.82, 2.24) is 4.57 Å². The van der Waals surface area contributed by atoms with Crippen molar-refractivity contribution in [3.63, 3.8) is 0 Å². The Hall–Kier alpha value is -4.62. The first kappa shape index (κ1) is 22.2. The van der Waals surface area contributed by atoms with E-state index < -0.39 is 0 Å². The lowest BCUT2D eigenvalue weighted by molar-refractivity contribution is 0.666. The van der Waals surface area contributed by atoms with E-state index in [1.54, 1.807) is 0 Å². The first-order valence-corrected chi connectivity index (χ1v) is 14.3. The van der Waals surface area contributed by atoms with Crippen LogP contribution in [0.5, 0.6) is 0 Å². The van der Waals surface area contributed by atoms with Gasteiger partial charge in [-0.25, -0.2) is 0 Å². The second-order valence-corrected chi connectivity index (χ2v) is 12.4. The van der Waals surface area contributed by atoms with Gasteiger partial charge in [0.05, 0.1) is 11.0 Å². The van der Waals surface area contributed by atoms with Crippen molar-refractivity contribution in [3.8, 4) is 16.8 Å². The zero-order valence-electron chi connectivity index (χ0n) is 23.3. The number of nitrogens with zero attached hydrogens (tertiary/aromatic N) is 1. The molecule has 40 heavy (non-hydrogen) atoms. The van der Waals surface area contributed by atoms with Crippen molar-refractivity contribution in [1.29, 1.82) is 0 Å². The highest BCUT2D eigenvalue weighted by Gasteiger charge is 2.37. The van der Waals surface area contributed by atoms with Crippen LogP contribution in [-0.2, 0) is 5.41 Å². The SMILES string of the molecule is Cc1cc(C)cc(-n2c3ccccc3c3cc4ccc5c6c(cc7ccc(c4c75)c32)-c2ccccc2C6(C)C)c1. The molecule has 9 rings (SSSR count). The van der Waals surface area contributed by atoms with Crippen LogP contribution in [0.2, 0.25) is 0 Å². The number of aryl methyl sites for hydroxylation is 2. The molecule has 0 radical (unpaired) electrons. The Morgan fingerprint density at radius 2 is 1.23 bits per heavy atom. The molecule has 1 aliphatic carbocycles. The summed E-state index contributed by atoms with van der Waals surface area (Å²) in [5.74, 6) is 0. The molecular formula is C39H29N. The predicted octanol–water partition coefficient (Wildman–Crippen LogP) is 10.6. The molecule has 8 aromatic rings. The molecule has 0 aliphatic heterocycles. The summed E-state index contributed by atoms with van der Waals surface area (Å²) in [6.07, 6.45) is 0. The Morgan fingerprint density at radius 1 is 0.550 bits per heavy atom. The molecule has 0 spiro atoms. The highest BCUT2D eigenvalue weighted by atomic mass is 15.0. The molecule has 7 aromatic carbocycles. The number of hydrogen-bond donors (Lipinski definition) is 0. The molecule has 0 bridgehead atoms. The van der Waals surface area contributed by atoms with Crippen molar-refractivity contribution in [2.45, 2.75) is 33.1 Å². The van der Waals surface area contributed by atoms with Crippen molar-refractivity contribution in [2.75, 3.05) is 0 Å². The largest absolute Gasteiger partial charge is 0.309 e. The van der Waals surface area contributed by atoms with E-state index in [1.165, 1.54) is 93.2 Å². The summed E-state index contributed by atoms with van der Waals surface area (Å²) in [4.78, 5) is 0. The van der Waals surface area contributed by atoms with Gasteiger partial charge in [0.2, 0.25) is 0 Å². The summed E-state index contributed by atoms with van der Waals surface area (Å²) in [6, 6.07) is 39.2. The van der Waals surface area contributed by atoms with Crippen LogP contribution in [0.4, 0.5) is 0 Å². The Labute approximate surface area is 233 Å². The monoisotopic (exact) mass is 511 g/mol. The summed E-state index contributed by atoms with van der Waals surface area (Å²) in [5.41, 5.74) is 12.0. The van der Waals surface area contributed by atoms with Crippen LogP contribution in [0.25, 0.3) is 70.9 Å². The predicted molar refractivity (Wildman–Crippen MR) is 172 cm³/mol. The number of fused-ring (bicyclic) bond motifs is 8. The molecule has 0 amide bonds. The van der Waals surface area contributed by atoms with Gasteiger partial charge >= 0.3 is 0 Å². The second-order valence-electron chi connectivity index (χ2n) is 12.4. The van der Waals surface area contributed by atoms with Gasteiger partial charge in [0.1, 0.15) is 0 Å². The topological polar surface area (TPSA) is 4.93 Å². The van der Waals surface area contributed by atoms with Gasteiger partial charge in [-0.3, -0.25) is 0 Å². The summed E-state index contributed by atoms with van der Waals surface area (Å²) in [6.45, 7) is 9.18. The molecule has 0 saturated carbocycles. The van der Waals surface area contributed by atoms with Gasteiger partial charge in [0, 0.05) is 27.3 Å². The second kappa shape index (κ2) is 7.31. The van der Waals surface area contributed by atoms with Gasteiger partial charge in [-0.05, 0) is 104 Å². The molecule has 0 atom stereocenters. The molecule has 1 nitrogen and oxygen atoms in total. The molecule has 0 fully saturated rings. The maximum Gasteiger partial charge on any atom is 0.0620 e. The molecule has 1 aromatic heterocycles. The van der Waals surface area contributed by atoms with E-state index in [9.17, 15) is 0 Å². The zero-order valence-corrected chi connectivity index (χ0v) is 23.3. The summed E-state index contributed by atoms with van der Waals surface area (Å²) >= 11 is 0. The molecule has 0 unspecified atom stereocenters. The van der Waals surface area contributed by atoms with Crippen molar-refractivity contribution >= 4 is 54.1 Å². The maximum absolute atomic E-state index is 2.50. The van der Waals surface area contributed by atoms with Gasteiger partial charge in [0.15, 0.2) is 0 Å². The molecule has 0 N–H and O–H groups in total. The molecule has 1 aliphatic rings. The molecule has 190 valence electrons. The van der Waals surface area contributed by atoms with Gasteiger partial charge in [0.25, 0.3) is 0 Å². The maximum atomic E-state index is 2.50.